The van der Waals surface area contributed by atoms with E-state index in [9.17, 15) is 4.79 Å². The van der Waals surface area contributed by atoms with E-state index in [1.165, 1.54) is 6.42 Å². The maximum atomic E-state index is 12.7. The number of nitrogens with zero attached hydrogens (tertiary/aromatic N) is 3. The van der Waals surface area contributed by atoms with Crippen LogP contribution in [0.25, 0.3) is 10.9 Å². The van der Waals surface area contributed by atoms with Crippen LogP contribution in [0.4, 0.5) is 5.82 Å². The summed E-state index contributed by atoms with van der Waals surface area (Å²) >= 11 is 6.27. The van der Waals surface area contributed by atoms with Crippen molar-refractivity contribution in [1.82, 2.24) is 20.8 Å². The number of rotatable bonds is 5. The highest BCUT2D eigenvalue weighted by Gasteiger charge is 2.28. The van der Waals surface area contributed by atoms with E-state index in [0.29, 0.717) is 16.4 Å². The highest BCUT2D eigenvalue weighted by molar-refractivity contribution is 6.31. The first-order chi connectivity index (χ1) is 15.3. The quantitative estimate of drug-likeness (QED) is 0.579. The Morgan fingerprint density at radius 3 is 2.53 bits per heavy atom. The lowest BCUT2D eigenvalue weighted by atomic mass is 9.90. The smallest absolute Gasteiger partial charge is 0.312 e. The van der Waals surface area contributed by atoms with E-state index in [0.717, 1.165) is 49.9 Å². The molecule has 2 heterocycles. The molecule has 0 radical (unpaired) electrons. The van der Waals surface area contributed by atoms with Gasteiger partial charge in [-0.1, -0.05) is 24.4 Å². The average molecular weight is 459 g/mol. The zero-order chi connectivity index (χ0) is 22.7. The molecule has 2 atom stereocenters. The largest absolute Gasteiger partial charge is 0.369 e. The monoisotopic (exact) mass is 458 g/mol. The van der Waals surface area contributed by atoms with Crippen molar-refractivity contribution in [2.45, 2.75) is 77.0 Å². The Labute approximate surface area is 193 Å². The van der Waals surface area contributed by atoms with E-state index in [4.69, 9.17) is 16.4 Å². The van der Waals surface area contributed by atoms with Crippen molar-refractivity contribution < 1.29 is 9.63 Å². The number of amides is 1. The fourth-order valence-corrected chi connectivity index (χ4v) is 4.25. The van der Waals surface area contributed by atoms with Crippen molar-refractivity contribution in [3.8, 4) is 0 Å². The molecule has 32 heavy (non-hydrogen) atoms. The van der Waals surface area contributed by atoms with E-state index in [1.54, 1.807) is 12.1 Å². The number of hydroxylamine groups is 1. The van der Waals surface area contributed by atoms with E-state index in [2.05, 4.69) is 31.1 Å². The summed E-state index contributed by atoms with van der Waals surface area (Å²) in [5.74, 6) is 1.26. The molecule has 172 valence electrons. The second-order valence-corrected chi connectivity index (χ2v) is 9.86. The van der Waals surface area contributed by atoms with Crippen LogP contribution in [0, 0.1) is 0 Å². The summed E-state index contributed by atoms with van der Waals surface area (Å²) in [5.41, 5.74) is 2.58. The van der Waals surface area contributed by atoms with Gasteiger partial charge in [0, 0.05) is 35.5 Å². The molecule has 0 spiro atoms. The van der Waals surface area contributed by atoms with Gasteiger partial charge in [-0.25, -0.2) is 15.4 Å². The van der Waals surface area contributed by atoms with Gasteiger partial charge in [-0.05, 0) is 58.2 Å². The maximum absolute atomic E-state index is 12.7. The second-order valence-electron chi connectivity index (χ2n) is 9.42. The van der Waals surface area contributed by atoms with Gasteiger partial charge in [0.05, 0.1) is 17.0 Å². The normalized spacial score (nSPS) is 21.3. The first kappa shape index (κ1) is 22.7. The number of carbonyl (C=O) groups is 1. The number of hydrogen-bond donors (Lipinski definition) is 3. The maximum Gasteiger partial charge on any atom is 0.312 e. The number of fused-ring (bicyclic) bond motifs is 1. The number of amidine groups is 1. The molecule has 1 aliphatic carbocycles. The van der Waals surface area contributed by atoms with Crippen LogP contribution >= 0.6 is 11.6 Å². The lowest BCUT2D eigenvalue weighted by Gasteiger charge is -2.34. The van der Waals surface area contributed by atoms with Gasteiger partial charge in [-0.2, -0.15) is 0 Å². The summed E-state index contributed by atoms with van der Waals surface area (Å²) in [6.45, 7) is 6.47. The standard InChI is InChI=1S/C23H31ClN6O2/c1-23(2,3)32-30-22(31)21-27-16-11-10-14(24)13-15(16)20(29-21)28-18-8-5-4-7-17(18)26-19-9-6-12-25-19/h10-11,13,17-18H,4-9,12H2,1-3H3,(H,25,26)(H,30,31)(H,27,28,29)/t17-,18+/m1/s1. The van der Waals surface area contributed by atoms with Crippen LogP contribution in [0.3, 0.4) is 0 Å². The zero-order valence-electron chi connectivity index (χ0n) is 18.9. The van der Waals surface area contributed by atoms with E-state index < -0.39 is 11.5 Å². The number of aliphatic imine (C=N–C) groups is 1. The number of nitrogens with one attached hydrogen (secondary N) is 3. The summed E-state index contributed by atoms with van der Waals surface area (Å²) in [6, 6.07) is 5.81. The Morgan fingerprint density at radius 1 is 1.09 bits per heavy atom. The van der Waals surface area contributed by atoms with Crippen LogP contribution in [0.1, 0.15) is 69.9 Å². The molecular weight excluding hydrogens is 428 g/mol. The van der Waals surface area contributed by atoms with E-state index >= 15 is 0 Å². The number of benzene rings is 1. The number of aromatic nitrogens is 2. The average Bonchev–Trinajstić information content (AvgIpc) is 3.26. The summed E-state index contributed by atoms with van der Waals surface area (Å²) in [6.07, 6.45) is 6.50. The van der Waals surface area contributed by atoms with Gasteiger partial charge in [0.2, 0.25) is 5.82 Å². The molecule has 9 heteroatoms. The minimum absolute atomic E-state index is 0.0482. The minimum atomic E-state index is -0.523. The van der Waals surface area contributed by atoms with Crippen molar-refractivity contribution in [3.05, 3.63) is 29.0 Å². The second kappa shape index (κ2) is 9.58. The molecule has 1 amide bonds. The third-order valence-electron chi connectivity index (χ3n) is 5.63. The SMILES string of the molecule is CC(C)(C)ONC(=O)c1nc(N[C@H]2CCCC[C@H]2NC2=NCCC2)c2cc(Cl)ccc2n1. The molecule has 1 aliphatic heterocycles. The summed E-state index contributed by atoms with van der Waals surface area (Å²) in [4.78, 5) is 31.7. The van der Waals surface area contributed by atoms with Crippen LogP contribution < -0.4 is 16.1 Å². The Bertz CT molecular complexity index is 1020. The molecule has 2 aromatic rings. The van der Waals surface area contributed by atoms with Crippen LogP contribution in [0.15, 0.2) is 23.2 Å². The van der Waals surface area contributed by atoms with Crippen LogP contribution in [0.5, 0.6) is 0 Å². The highest BCUT2D eigenvalue weighted by Crippen LogP contribution is 2.28. The van der Waals surface area contributed by atoms with E-state index in [1.807, 2.05) is 26.8 Å². The highest BCUT2D eigenvalue weighted by atomic mass is 35.5. The molecule has 1 fully saturated rings. The molecule has 4 rings (SSSR count). The number of anilines is 1. The molecule has 3 N–H and O–H groups in total. The molecule has 0 saturated heterocycles. The van der Waals surface area contributed by atoms with Crippen molar-refractivity contribution >= 4 is 40.1 Å². The van der Waals surface area contributed by atoms with Crippen LogP contribution in [-0.4, -0.2) is 45.9 Å². The van der Waals surface area contributed by atoms with E-state index in [-0.39, 0.29) is 17.9 Å². The Kier molecular flexibility index (Phi) is 6.81. The zero-order valence-corrected chi connectivity index (χ0v) is 19.6. The fraction of sp³-hybridized carbons (Fsp3) is 0.565. The lowest BCUT2D eigenvalue weighted by Crippen LogP contribution is -2.48. The number of hydrogen-bond acceptors (Lipinski definition) is 7. The molecule has 2 aliphatic rings. The van der Waals surface area contributed by atoms with Gasteiger partial charge >= 0.3 is 5.91 Å². The molecule has 8 nitrogen and oxygen atoms in total. The topological polar surface area (TPSA) is 101 Å². The van der Waals surface area contributed by atoms with Gasteiger partial charge < -0.3 is 10.6 Å². The number of carbonyl (C=O) groups excluding carboxylic acids is 1. The summed E-state index contributed by atoms with van der Waals surface area (Å²) < 4.78 is 0. The van der Waals surface area contributed by atoms with Gasteiger partial charge in [0.15, 0.2) is 0 Å². The van der Waals surface area contributed by atoms with Crippen LogP contribution in [-0.2, 0) is 4.84 Å². The van der Waals surface area contributed by atoms with Crippen molar-refractivity contribution in [1.29, 1.82) is 0 Å². The van der Waals surface area contributed by atoms with Gasteiger partial charge in [0.1, 0.15) is 5.82 Å². The Morgan fingerprint density at radius 2 is 1.84 bits per heavy atom. The Balaban J connectivity index is 1.62. The third-order valence-corrected chi connectivity index (χ3v) is 5.86. The van der Waals surface area contributed by atoms with Crippen molar-refractivity contribution in [2.24, 2.45) is 4.99 Å². The van der Waals surface area contributed by atoms with Gasteiger partial charge in [0.25, 0.3) is 0 Å². The van der Waals surface area contributed by atoms with Crippen LogP contribution in [0.2, 0.25) is 5.02 Å². The molecule has 0 bridgehead atoms. The molecule has 1 saturated carbocycles. The molecule has 0 unspecified atom stereocenters. The lowest BCUT2D eigenvalue weighted by molar-refractivity contribution is -0.0593. The molecule has 1 aromatic heterocycles. The van der Waals surface area contributed by atoms with Crippen molar-refractivity contribution in [3.63, 3.8) is 0 Å². The summed E-state index contributed by atoms with van der Waals surface area (Å²) in [7, 11) is 0. The number of halogens is 1. The Hall–Kier alpha value is -2.45. The first-order valence-corrected chi connectivity index (χ1v) is 11.7. The molecular formula is C23H31ClN6O2. The van der Waals surface area contributed by atoms with Gasteiger partial charge in [-0.15, -0.1) is 0 Å². The van der Waals surface area contributed by atoms with Gasteiger partial charge in [-0.3, -0.25) is 14.6 Å². The predicted molar refractivity (Wildman–Crippen MR) is 127 cm³/mol. The first-order valence-electron chi connectivity index (χ1n) is 11.3. The minimum Gasteiger partial charge on any atom is -0.369 e. The third kappa shape index (κ3) is 5.66. The molecule has 1 aromatic carbocycles. The summed E-state index contributed by atoms with van der Waals surface area (Å²) in [5, 5.41) is 8.61. The fourth-order valence-electron chi connectivity index (χ4n) is 4.08. The van der Waals surface area contributed by atoms with Crippen molar-refractivity contribution in [2.75, 3.05) is 11.9 Å². The predicted octanol–water partition coefficient (Wildman–Crippen LogP) is 4.25.